The lowest BCUT2D eigenvalue weighted by Gasteiger charge is -2.58. The lowest BCUT2D eigenvalue weighted by Crippen LogP contribution is -2.51. The van der Waals surface area contributed by atoms with Crippen molar-refractivity contribution >= 4 is 0 Å². The fraction of sp³-hybridized carbons (Fsp3) is 0.714. The van der Waals surface area contributed by atoms with Crippen molar-refractivity contribution in [3.8, 4) is 0 Å². The van der Waals surface area contributed by atoms with Gasteiger partial charge in [0.1, 0.15) is 0 Å². The molecule has 0 heterocycles. The minimum Gasteiger partial charge on any atom is -0.498 e. The molecule has 0 saturated heterocycles. The van der Waals surface area contributed by atoms with Gasteiger partial charge in [0.2, 0.25) is 0 Å². The molecule has 4 nitrogen and oxygen atoms in total. The fourth-order valence-corrected chi connectivity index (χ4v) is 6.92. The molecule has 32 heavy (non-hydrogen) atoms. The Morgan fingerprint density at radius 2 is 1.81 bits per heavy atom. The fourth-order valence-electron chi connectivity index (χ4n) is 6.92. The molecule has 4 aliphatic rings. The number of hydrazine groups is 1. The van der Waals surface area contributed by atoms with Gasteiger partial charge >= 0.3 is 0 Å². The highest BCUT2D eigenvalue weighted by atomic mass is 16.5. The Morgan fingerprint density at radius 3 is 2.44 bits per heavy atom. The Kier molecular flexibility index (Phi) is 9.10. The first-order valence-corrected chi connectivity index (χ1v) is 13.0. The normalized spacial score (nSPS) is 35.2. The van der Waals surface area contributed by atoms with E-state index in [1.54, 1.807) is 23.0 Å². The van der Waals surface area contributed by atoms with Gasteiger partial charge in [-0.2, -0.15) is 0 Å². The quantitative estimate of drug-likeness (QED) is 0.278. The van der Waals surface area contributed by atoms with Crippen molar-refractivity contribution in [1.82, 2.24) is 5.01 Å². The summed E-state index contributed by atoms with van der Waals surface area (Å²) in [6.45, 7) is 18.1. The molecule has 4 heteroatoms. The summed E-state index contributed by atoms with van der Waals surface area (Å²) in [5, 5.41) is 1.77. The smallest absolute Gasteiger partial charge is 0.0963 e. The summed E-state index contributed by atoms with van der Waals surface area (Å²) in [7, 11) is 0. The van der Waals surface area contributed by atoms with Crippen LogP contribution in [0.2, 0.25) is 0 Å². The Hall–Kier alpha value is -1.68. The van der Waals surface area contributed by atoms with Crippen LogP contribution in [0.3, 0.4) is 0 Å². The van der Waals surface area contributed by atoms with Gasteiger partial charge in [0.25, 0.3) is 0 Å². The monoisotopic (exact) mass is 443 g/mol. The lowest BCUT2D eigenvalue weighted by atomic mass is 9.47. The van der Waals surface area contributed by atoms with E-state index in [1.165, 1.54) is 30.5 Å². The molecular weight excluding hydrogens is 394 g/mol. The van der Waals surface area contributed by atoms with E-state index in [0.717, 1.165) is 43.5 Å². The van der Waals surface area contributed by atoms with Crippen LogP contribution in [0, 0.1) is 28.6 Å². The third kappa shape index (κ3) is 4.40. The van der Waals surface area contributed by atoms with Gasteiger partial charge in [-0.3, -0.25) is 5.01 Å². The van der Waals surface area contributed by atoms with E-state index in [9.17, 15) is 0 Å². The van der Waals surface area contributed by atoms with Crippen LogP contribution < -0.4 is 11.6 Å². The summed E-state index contributed by atoms with van der Waals surface area (Å²) in [6, 6.07) is 0. The zero-order chi connectivity index (χ0) is 24.1. The van der Waals surface area contributed by atoms with Gasteiger partial charge in [-0.05, 0) is 86.2 Å². The van der Waals surface area contributed by atoms with E-state index in [1.807, 2.05) is 27.7 Å². The molecular formula is C28H49N3O. The highest BCUT2D eigenvalue weighted by molar-refractivity contribution is 5.41. The van der Waals surface area contributed by atoms with Gasteiger partial charge in [0.15, 0.2) is 0 Å². The van der Waals surface area contributed by atoms with Gasteiger partial charge in [-0.15, -0.1) is 0 Å². The molecule has 5 unspecified atom stereocenters. The van der Waals surface area contributed by atoms with Crippen LogP contribution in [-0.4, -0.2) is 11.6 Å². The molecule has 5 atom stereocenters. The van der Waals surface area contributed by atoms with Crippen molar-refractivity contribution in [3.05, 3.63) is 47.2 Å². The number of fused-ring (bicyclic) bond motifs is 5. The second-order valence-electron chi connectivity index (χ2n) is 9.73. The standard InChI is InChI=1S/C24H37N3O.2C2H6/c1-5-28-17-8-10-24(4)20-9-11-23(3)16(2)6-7-19(23)18(20)15-22(21(24)14-17)27(26)13-12-25;2*1-2/h6,12-14,18-20H,5,7-11,15,25-26H2,1-4H3;2*1-2H3/b13-12-;;. The summed E-state index contributed by atoms with van der Waals surface area (Å²) in [5.74, 6) is 9.72. The highest BCUT2D eigenvalue weighted by Crippen LogP contribution is 2.65. The van der Waals surface area contributed by atoms with Gasteiger partial charge in [0.05, 0.1) is 12.4 Å². The SMILES string of the molecule is CC.CC.CCOC1=CC2=C(N(N)/C=C\N)CC3C4CC=C(C)C4(C)CCC3C2(C)CC1. The van der Waals surface area contributed by atoms with E-state index in [-0.39, 0.29) is 5.41 Å². The van der Waals surface area contributed by atoms with Crippen LogP contribution in [0.4, 0.5) is 0 Å². The molecule has 0 aromatic carbocycles. The number of rotatable bonds is 4. The van der Waals surface area contributed by atoms with Crippen LogP contribution in [-0.2, 0) is 4.74 Å². The van der Waals surface area contributed by atoms with Gasteiger partial charge < -0.3 is 10.5 Å². The van der Waals surface area contributed by atoms with Gasteiger partial charge in [0, 0.05) is 24.5 Å². The number of ether oxygens (including phenoxy) is 1. The number of nitrogens with zero attached hydrogens (tertiary/aromatic N) is 1. The highest BCUT2D eigenvalue weighted by Gasteiger charge is 2.57. The minimum atomic E-state index is 0.163. The number of allylic oxidation sites excluding steroid dienone is 6. The number of nitrogens with two attached hydrogens (primary N) is 2. The van der Waals surface area contributed by atoms with Crippen LogP contribution in [0.1, 0.15) is 93.9 Å². The molecule has 1 saturated carbocycles. The summed E-state index contributed by atoms with van der Waals surface area (Å²) >= 11 is 0. The molecule has 0 aromatic heterocycles. The van der Waals surface area contributed by atoms with Crippen molar-refractivity contribution in [2.24, 2.45) is 40.2 Å². The van der Waals surface area contributed by atoms with Gasteiger partial charge in [-0.1, -0.05) is 53.2 Å². The number of hydrogen-bond acceptors (Lipinski definition) is 4. The molecule has 1 fully saturated rings. The minimum absolute atomic E-state index is 0.163. The topological polar surface area (TPSA) is 64.5 Å². The van der Waals surface area contributed by atoms with Gasteiger partial charge in [-0.25, -0.2) is 5.84 Å². The Balaban J connectivity index is 0.000000860. The second-order valence-corrected chi connectivity index (χ2v) is 9.73. The van der Waals surface area contributed by atoms with Crippen LogP contribution in [0.25, 0.3) is 0 Å². The first kappa shape index (κ1) is 26.6. The van der Waals surface area contributed by atoms with E-state index in [2.05, 4.69) is 39.8 Å². The molecule has 0 amide bonds. The Morgan fingerprint density at radius 1 is 1.12 bits per heavy atom. The average Bonchev–Trinajstić information content (AvgIpc) is 3.11. The molecule has 0 radical (unpaired) electrons. The van der Waals surface area contributed by atoms with Crippen LogP contribution >= 0.6 is 0 Å². The molecule has 0 aliphatic heterocycles. The number of hydrogen-bond donors (Lipinski definition) is 2. The maximum Gasteiger partial charge on any atom is 0.0963 e. The van der Waals surface area contributed by atoms with Crippen molar-refractivity contribution in [1.29, 1.82) is 0 Å². The summed E-state index contributed by atoms with van der Waals surface area (Å²) in [5.41, 5.74) is 10.4. The maximum absolute atomic E-state index is 6.49. The zero-order valence-electron chi connectivity index (χ0n) is 22.0. The molecule has 4 N–H and O–H groups in total. The van der Waals surface area contributed by atoms with E-state index in [0.29, 0.717) is 11.3 Å². The van der Waals surface area contributed by atoms with Crippen molar-refractivity contribution in [2.75, 3.05) is 6.61 Å². The predicted molar refractivity (Wildman–Crippen MR) is 137 cm³/mol. The molecule has 182 valence electrons. The Labute approximate surface area is 197 Å². The average molecular weight is 444 g/mol. The third-order valence-corrected chi connectivity index (χ3v) is 8.66. The third-order valence-electron chi connectivity index (χ3n) is 8.66. The lowest BCUT2D eigenvalue weighted by molar-refractivity contribution is -0.0197. The zero-order valence-corrected chi connectivity index (χ0v) is 22.0. The van der Waals surface area contributed by atoms with E-state index < -0.39 is 0 Å². The second kappa shape index (κ2) is 11.0. The van der Waals surface area contributed by atoms with Crippen molar-refractivity contribution in [3.63, 3.8) is 0 Å². The molecule has 4 aliphatic carbocycles. The van der Waals surface area contributed by atoms with Crippen molar-refractivity contribution in [2.45, 2.75) is 93.9 Å². The molecule has 0 spiro atoms. The van der Waals surface area contributed by atoms with Crippen molar-refractivity contribution < 1.29 is 4.74 Å². The molecule has 4 rings (SSSR count). The first-order chi connectivity index (χ1) is 15.3. The first-order valence-electron chi connectivity index (χ1n) is 13.0. The largest absolute Gasteiger partial charge is 0.498 e. The molecule has 0 bridgehead atoms. The summed E-state index contributed by atoms with van der Waals surface area (Å²) in [4.78, 5) is 0. The maximum atomic E-state index is 6.49. The summed E-state index contributed by atoms with van der Waals surface area (Å²) < 4.78 is 5.92. The van der Waals surface area contributed by atoms with Crippen LogP contribution in [0.5, 0.6) is 0 Å². The van der Waals surface area contributed by atoms with E-state index in [4.69, 9.17) is 16.3 Å². The Bertz CT molecular complexity index is 765. The summed E-state index contributed by atoms with van der Waals surface area (Å²) in [6.07, 6.45) is 15.2. The van der Waals surface area contributed by atoms with E-state index >= 15 is 0 Å². The van der Waals surface area contributed by atoms with Crippen LogP contribution in [0.15, 0.2) is 47.2 Å². The molecule has 0 aromatic rings. The predicted octanol–water partition coefficient (Wildman–Crippen LogP) is 7.02.